The first-order valence-corrected chi connectivity index (χ1v) is 21.1. The number of rotatable bonds is 26. The van der Waals surface area contributed by atoms with Gasteiger partial charge < -0.3 is 14.2 Å². The molecule has 6 nitrogen and oxygen atoms in total. The largest absolute Gasteiger partial charge is 0.494 e. The Labute approximate surface area is 321 Å². The maximum absolute atomic E-state index is 14.0. The molecule has 0 spiro atoms. The van der Waals surface area contributed by atoms with Crippen LogP contribution in [0.3, 0.4) is 0 Å². The second-order valence-electron chi connectivity index (χ2n) is 15.7. The third-order valence-electron chi connectivity index (χ3n) is 11.3. The highest BCUT2D eigenvalue weighted by atomic mass is 16.5. The van der Waals surface area contributed by atoms with E-state index in [1.807, 2.05) is 62.4 Å². The van der Waals surface area contributed by atoms with Crippen molar-refractivity contribution >= 4 is 5.97 Å². The summed E-state index contributed by atoms with van der Waals surface area (Å²) in [6, 6.07) is 22.6. The zero-order chi connectivity index (χ0) is 37.8. The van der Waals surface area contributed by atoms with Crippen LogP contribution in [0, 0.1) is 0 Å². The lowest BCUT2D eigenvalue weighted by molar-refractivity contribution is -0.260. The van der Waals surface area contributed by atoms with Crippen LogP contribution in [0.4, 0.5) is 0 Å². The van der Waals surface area contributed by atoms with E-state index in [1.165, 1.54) is 108 Å². The van der Waals surface area contributed by atoms with E-state index in [-0.39, 0.29) is 0 Å². The van der Waals surface area contributed by atoms with Crippen molar-refractivity contribution in [3.05, 3.63) is 89.5 Å². The SMILES string of the molecule is CCCCCCCCCCCOc1ccc(C(=O)Oc2ccc([C@]3(C)CC[C@@](C)(c4ccc(OCCCCCCCCCCC)cc4)N3[O])cc2)cc1. The van der Waals surface area contributed by atoms with E-state index in [0.29, 0.717) is 17.9 Å². The Kier molecular flexibility index (Phi) is 18.2. The molecule has 0 saturated carbocycles. The molecular weight excluding hydrogens is 659 g/mol. The first-order chi connectivity index (χ1) is 25.8. The summed E-state index contributed by atoms with van der Waals surface area (Å²) in [6.07, 6.45) is 24.6. The molecular formula is C47H68NO5. The van der Waals surface area contributed by atoms with E-state index in [2.05, 4.69) is 13.8 Å². The molecule has 0 unspecified atom stereocenters. The number of esters is 1. The van der Waals surface area contributed by atoms with Crippen LogP contribution in [0.15, 0.2) is 72.8 Å². The number of carbonyl (C=O) groups excluding carboxylic acids is 1. The first-order valence-electron chi connectivity index (χ1n) is 21.1. The fraction of sp³-hybridized carbons (Fsp3) is 0.596. The molecule has 1 radical (unpaired) electrons. The summed E-state index contributed by atoms with van der Waals surface area (Å²) in [5.41, 5.74) is 1.02. The highest BCUT2D eigenvalue weighted by Crippen LogP contribution is 2.51. The van der Waals surface area contributed by atoms with E-state index >= 15 is 0 Å². The minimum Gasteiger partial charge on any atom is -0.494 e. The highest BCUT2D eigenvalue weighted by molar-refractivity contribution is 5.91. The predicted molar refractivity (Wildman–Crippen MR) is 216 cm³/mol. The number of nitrogens with zero attached hydrogens (tertiary/aromatic N) is 1. The van der Waals surface area contributed by atoms with Gasteiger partial charge in [-0.15, -0.1) is 10.3 Å². The lowest BCUT2D eigenvalue weighted by Crippen LogP contribution is -2.44. The van der Waals surface area contributed by atoms with Gasteiger partial charge in [0.1, 0.15) is 17.2 Å². The van der Waals surface area contributed by atoms with Crippen LogP contribution in [0.5, 0.6) is 17.2 Å². The van der Waals surface area contributed by atoms with E-state index in [0.717, 1.165) is 54.9 Å². The predicted octanol–water partition coefficient (Wildman–Crippen LogP) is 13.3. The zero-order valence-corrected chi connectivity index (χ0v) is 33.5. The van der Waals surface area contributed by atoms with Crippen molar-refractivity contribution in [3.63, 3.8) is 0 Å². The average Bonchev–Trinajstić information content (AvgIpc) is 3.42. The molecule has 1 heterocycles. The number of hydrogen-bond donors (Lipinski definition) is 0. The molecule has 0 N–H and O–H groups in total. The third-order valence-corrected chi connectivity index (χ3v) is 11.3. The molecule has 0 aliphatic carbocycles. The molecule has 3 aromatic carbocycles. The van der Waals surface area contributed by atoms with E-state index in [9.17, 15) is 10.0 Å². The summed E-state index contributed by atoms with van der Waals surface area (Å²) in [7, 11) is 0. The summed E-state index contributed by atoms with van der Waals surface area (Å²) in [4.78, 5) is 12.9. The molecule has 0 bridgehead atoms. The van der Waals surface area contributed by atoms with Gasteiger partial charge in [-0.05, 0) is 99.2 Å². The van der Waals surface area contributed by atoms with Crippen molar-refractivity contribution < 1.29 is 24.2 Å². The fourth-order valence-electron chi connectivity index (χ4n) is 7.61. The molecule has 6 heteroatoms. The number of hydrogen-bond acceptors (Lipinski definition) is 5. The summed E-state index contributed by atoms with van der Waals surface area (Å²) in [6.45, 7) is 9.97. The highest BCUT2D eigenvalue weighted by Gasteiger charge is 2.52. The van der Waals surface area contributed by atoms with Gasteiger partial charge >= 0.3 is 5.97 Å². The van der Waals surface area contributed by atoms with Crippen LogP contribution in [0.1, 0.15) is 178 Å². The van der Waals surface area contributed by atoms with Crippen molar-refractivity contribution in [3.8, 4) is 17.2 Å². The molecule has 1 aliphatic heterocycles. The van der Waals surface area contributed by atoms with Gasteiger partial charge in [0.05, 0.1) is 29.9 Å². The Hall–Kier alpha value is -3.35. The van der Waals surface area contributed by atoms with Gasteiger partial charge in [-0.1, -0.05) is 141 Å². The van der Waals surface area contributed by atoms with Crippen molar-refractivity contribution in [1.29, 1.82) is 0 Å². The summed E-state index contributed by atoms with van der Waals surface area (Å²) < 4.78 is 17.6. The van der Waals surface area contributed by atoms with Crippen LogP contribution in [0.25, 0.3) is 0 Å². The number of benzene rings is 3. The minimum atomic E-state index is -0.702. The maximum Gasteiger partial charge on any atom is 0.343 e. The smallest absolute Gasteiger partial charge is 0.343 e. The Morgan fingerprint density at radius 2 is 0.849 bits per heavy atom. The first kappa shape index (κ1) is 42.4. The third kappa shape index (κ3) is 13.2. The van der Waals surface area contributed by atoms with Crippen LogP contribution in [-0.4, -0.2) is 24.2 Å². The van der Waals surface area contributed by atoms with Gasteiger partial charge in [0.15, 0.2) is 0 Å². The molecule has 4 rings (SSSR count). The minimum absolute atomic E-state index is 0.422. The molecule has 291 valence electrons. The van der Waals surface area contributed by atoms with Gasteiger partial charge in [-0.2, -0.15) is 0 Å². The van der Waals surface area contributed by atoms with E-state index in [4.69, 9.17) is 14.2 Å². The van der Waals surface area contributed by atoms with Gasteiger partial charge in [0.25, 0.3) is 0 Å². The Morgan fingerprint density at radius 1 is 0.509 bits per heavy atom. The summed E-state index contributed by atoms with van der Waals surface area (Å²) in [5, 5.41) is 15.3. The van der Waals surface area contributed by atoms with E-state index < -0.39 is 17.0 Å². The second kappa shape index (κ2) is 22.8. The molecule has 2 atom stereocenters. The Bertz CT molecular complexity index is 1440. The van der Waals surface area contributed by atoms with E-state index in [1.54, 1.807) is 24.3 Å². The van der Waals surface area contributed by atoms with Crippen LogP contribution < -0.4 is 14.2 Å². The van der Waals surface area contributed by atoms with Crippen molar-refractivity contribution in [2.45, 2.75) is 167 Å². The molecule has 1 fully saturated rings. The Morgan fingerprint density at radius 3 is 1.25 bits per heavy atom. The zero-order valence-electron chi connectivity index (χ0n) is 33.5. The van der Waals surface area contributed by atoms with Crippen LogP contribution in [0.2, 0.25) is 0 Å². The second-order valence-corrected chi connectivity index (χ2v) is 15.7. The molecule has 1 aliphatic rings. The molecule has 0 aromatic heterocycles. The molecule has 53 heavy (non-hydrogen) atoms. The number of hydroxylamine groups is 2. The standard InChI is InChI=1S/C47H68NO5/c1-5-7-9-11-13-15-17-19-21-37-51-42-29-23-39(24-30-42)45(49)53-44-33-27-41(28-34-44)47(4)36-35-46(3,48(47)50)40-25-31-43(32-26-40)52-38-22-20-18-16-14-12-10-8-6-2/h23-34H,5-22,35-38H2,1-4H3/t46-,47-/m0/s1. The fourth-order valence-corrected chi connectivity index (χ4v) is 7.61. The van der Waals surface area contributed by atoms with Crippen molar-refractivity contribution in [2.24, 2.45) is 0 Å². The van der Waals surface area contributed by atoms with Crippen LogP contribution >= 0.6 is 0 Å². The van der Waals surface area contributed by atoms with Crippen LogP contribution in [-0.2, 0) is 16.3 Å². The maximum atomic E-state index is 14.0. The van der Waals surface area contributed by atoms with Gasteiger partial charge in [0, 0.05) is 0 Å². The molecule has 1 saturated heterocycles. The molecule has 3 aromatic rings. The average molecular weight is 727 g/mol. The monoisotopic (exact) mass is 727 g/mol. The normalized spacial score (nSPS) is 18.7. The summed E-state index contributed by atoms with van der Waals surface area (Å²) >= 11 is 0. The number of unbranched alkanes of at least 4 members (excludes halogenated alkanes) is 16. The van der Waals surface area contributed by atoms with Crippen molar-refractivity contribution in [2.75, 3.05) is 13.2 Å². The van der Waals surface area contributed by atoms with Gasteiger partial charge in [-0.25, -0.2) is 4.79 Å². The molecule has 0 amide bonds. The Balaban J connectivity index is 1.18. The summed E-state index contributed by atoms with van der Waals surface area (Å²) in [5.74, 6) is 1.64. The van der Waals surface area contributed by atoms with Crippen molar-refractivity contribution in [1.82, 2.24) is 5.06 Å². The van der Waals surface area contributed by atoms with Gasteiger partial charge in [0.2, 0.25) is 0 Å². The van der Waals surface area contributed by atoms with Gasteiger partial charge in [-0.3, -0.25) is 0 Å². The number of carbonyl (C=O) groups is 1. The topological polar surface area (TPSA) is 67.9 Å². The lowest BCUT2D eigenvalue weighted by atomic mass is 9.89. The number of ether oxygens (including phenoxy) is 3. The lowest BCUT2D eigenvalue weighted by Gasteiger charge is -2.37. The quantitative estimate of drug-likeness (QED) is 0.0468.